The molecule has 0 saturated carbocycles. The molecule has 1 aromatic heterocycles. The summed E-state index contributed by atoms with van der Waals surface area (Å²) < 4.78 is 0. The van der Waals surface area contributed by atoms with Crippen molar-refractivity contribution in [2.45, 2.75) is 46.1 Å². The van der Waals surface area contributed by atoms with Crippen LogP contribution in [-0.4, -0.2) is 33.9 Å². The molecule has 3 rings (SSSR count). The Balaban J connectivity index is 0.000000941. The van der Waals surface area contributed by atoms with Crippen LogP contribution in [0.4, 0.5) is 5.82 Å². The lowest BCUT2D eigenvalue weighted by atomic mass is 9.85. The highest BCUT2D eigenvalue weighted by Crippen LogP contribution is 2.36. The Labute approximate surface area is 170 Å². The highest BCUT2D eigenvalue weighted by molar-refractivity contribution is 5.81. The topological polar surface area (TPSA) is 120 Å². The van der Waals surface area contributed by atoms with E-state index in [1.54, 1.807) is 11.8 Å². The molecule has 0 unspecified atom stereocenters. The predicted octanol–water partition coefficient (Wildman–Crippen LogP) is 3.11. The summed E-state index contributed by atoms with van der Waals surface area (Å²) in [6, 6.07) is 10.4. The number of amides is 1. The monoisotopic (exact) mass is 394 g/mol. The van der Waals surface area contributed by atoms with Crippen LogP contribution in [-0.2, 0) is 28.0 Å². The normalized spacial score (nSPS) is 12.9. The van der Waals surface area contributed by atoms with Crippen molar-refractivity contribution >= 4 is 18.2 Å². The number of pyridine rings is 1. The first-order chi connectivity index (χ1) is 13.6. The van der Waals surface area contributed by atoms with Gasteiger partial charge in [-0.3, -0.25) is 9.59 Å². The number of rotatable bonds is 1. The number of nitrogens with two attached hydrogens (primary N) is 1. The fraction of sp³-hybridized carbons (Fsp3) is 0.364. The molecular formula is C22H26N4O3. The van der Waals surface area contributed by atoms with Gasteiger partial charge in [0.15, 0.2) is 0 Å². The molecule has 7 heteroatoms. The second-order valence-electron chi connectivity index (χ2n) is 7.91. The molecule has 0 fully saturated rings. The molecule has 0 aliphatic carbocycles. The number of anilines is 1. The number of benzene rings is 1. The second kappa shape index (κ2) is 8.74. The Morgan fingerprint density at radius 3 is 2.38 bits per heavy atom. The van der Waals surface area contributed by atoms with Crippen molar-refractivity contribution in [1.82, 2.24) is 9.88 Å². The number of nitrogen functional groups attached to an aromatic ring is 1. The zero-order valence-electron chi connectivity index (χ0n) is 17.2. The van der Waals surface area contributed by atoms with Gasteiger partial charge in [-0.15, -0.1) is 0 Å². The largest absolute Gasteiger partial charge is 0.483 e. The average molecular weight is 394 g/mol. The number of fused-ring (bicyclic) bond motifs is 1. The van der Waals surface area contributed by atoms with Gasteiger partial charge in [-0.1, -0.05) is 45.0 Å². The molecule has 0 radical (unpaired) electrons. The van der Waals surface area contributed by atoms with Gasteiger partial charge in [-0.25, -0.2) is 4.98 Å². The van der Waals surface area contributed by atoms with Gasteiger partial charge in [0.1, 0.15) is 17.5 Å². The van der Waals surface area contributed by atoms with Crippen LogP contribution < -0.4 is 5.73 Å². The lowest BCUT2D eigenvalue weighted by Crippen LogP contribution is -2.35. The fourth-order valence-corrected chi connectivity index (χ4v) is 3.42. The van der Waals surface area contributed by atoms with Crippen LogP contribution in [0.5, 0.6) is 0 Å². The summed E-state index contributed by atoms with van der Waals surface area (Å²) in [6.45, 7) is 8.91. The molecular weight excluding hydrogens is 368 g/mol. The third kappa shape index (κ3) is 4.72. The maximum atomic E-state index is 11.8. The Morgan fingerprint density at radius 2 is 1.90 bits per heavy atom. The van der Waals surface area contributed by atoms with E-state index in [0.29, 0.717) is 25.1 Å². The SMILES string of the molecule is CC(=O)N1CCc2nc(N)c(C#N)c(-c3ccc(C(C)(C)C)cc3)c2C1.O=CO. The van der Waals surface area contributed by atoms with E-state index in [-0.39, 0.29) is 23.6 Å². The number of nitrogens with zero attached hydrogens (tertiary/aromatic N) is 3. The van der Waals surface area contributed by atoms with Gasteiger partial charge < -0.3 is 15.7 Å². The lowest BCUT2D eigenvalue weighted by molar-refractivity contribution is -0.129. The molecule has 2 heterocycles. The van der Waals surface area contributed by atoms with E-state index in [1.165, 1.54) is 5.56 Å². The van der Waals surface area contributed by atoms with E-state index in [2.05, 4.69) is 44.0 Å². The van der Waals surface area contributed by atoms with Crippen LogP contribution in [0.2, 0.25) is 0 Å². The summed E-state index contributed by atoms with van der Waals surface area (Å²) in [5.41, 5.74) is 11.3. The summed E-state index contributed by atoms with van der Waals surface area (Å²) >= 11 is 0. The Morgan fingerprint density at radius 1 is 1.31 bits per heavy atom. The molecule has 7 nitrogen and oxygen atoms in total. The van der Waals surface area contributed by atoms with Gasteiger partial charge in [0.2, 0.25) is 5.91 Å². The maximum Gasteiger partial charge on any atom is 0.290 e. The summed E-state index contributed by atoms with van der Waals surface area (Å²) in [5, 5.41) is 16.6. The van der Waals surface area contributed by atoms with Crippen LogP contribution in [0.3, 0.4) is 0 Å². The van der Waals surface area contributed by atoms with E-state index in [0.717, 1.165) is 22.4 Å². The minimum absolute atomic E-state index is 0.0278. The number of hydrogen-bond donors (Lipinski definition) is 2. The molecule has 1 aromatic carbocycles. The number of hydrogen-bond acceptors (Lipinski definition) is 5. The average Bonchev–Trinajstić information content (AvgIpc) is 2.66. The van der Waals surface area contributed by atoms with Crippen molar-refractivity contribution in [3.63, 3.8) is 0 Å². The molecule has 0 atom stereocenters. The fourth-order valence-electron chi connectivity index (χ4n) is 3.42. The number of aromatic nitrogens is 1. The standard InChI is InChI=1S/C21H24N4O.CH2O2/c1-13(26)25-10-9-18-17(12-25)19(16(11-22)20(23)24-18)14-5-7-15(8-6-14)21(2,3)4;2-1-3/h5-8H,9-10,12H2,1-4H3,(H2,23,24);1H,(H,2,3). The molecule has 1 aliphatic rings. The number of nitriles is 1. The van der Waals surface area contributed by atoms with Crippen LogP contribution in [0, 0.1) is 11.3 Å². The quantitative estimate of drug-likeness (QED) is 0.717. The summed E-state index contributed by atoms with van der Waals surface area (Å²) in [5.74, 6) is 0.289. The molecule has 152 valence electrons. The van der Waals surface area contributed by atoms with E-state index in [9.17, 15) is 10.1 Å². The predicted molar refractivity (Wildman–Crippen MR) is 111 cm³/mol. The van der Waals surface area contributed by atoms with Gasteiger partial charge in [0.25, 0.3) is 6.47 Å². The summed E-state index contributed by atoms with van der Waals surface area (Å²) in [7, 11) is 0. The molecule has 0 spiro atoms. The first-order valence-electron chi connectivity index (χ1n) is 9.29. The lowest BCUT2D eigenvalue weighted by Gasteiger charge is -2.30. The first kappa shape index (κ1) is 21.9. The van der Waals surface area contributed by atoms with E-state index in [4.69, 9.17) is 15.6 Å². The molecule has 3 N–H and O–H groups in total. The smallest absolute Gasteiger partial charge is 0.290 e. The van der Waals surface area contributed by atoms with Gasteiger partial charge in [-0.2, -0.15) is 5.26 Å². The highest BCUT2D eigenvalue weighted by atomic mass is 16.3. The number of carbonyl (C=O) groups excluding carboxylic acids is 1. The minimum Gasteiger partial charge on any atom is -0.483 e. The van der Waals surface area contributed by atoms with Crippen LogP contribution in [0.1, 0.15) is 50.1 Å². The van der Waals surface area contributed by atoms with E-state index >= 15 is 0 Å². The zero-order valence-corrected chi connectivity index (χ0v) is 17.2. The zero-order chi connectivity index (χ0) is 21.8. The van der Waals surface area contributed by atoms with E-state index < -0.39 is 0 Å². The Kier molecular flexibility index (Phi) is 6.60. The molecule has 0 bridgehead atoms. The van der Waals surface area contributed by atoms with Gasteiger partial charge in [-0.05, 0) is 16.5 Å². The van der Waals surface area contributed by atoms with Crippen LogP contribution >= 0.6 is 0 Å². The van der Waals surface area contributed by atoms with Crippen LogP contribution in [0.15, 0.2) is 24.3 Å². The molecule has 1 aliphatic heterocycles. The Bertz CT molecular complexity index is 954. The van der Waals surface area contributed by atoms with Gasteiger partial charge in [0.05, 0.1) is 5.69 Å². The maximum absolute atomic E-state index is 11.8. The van der Waals surface area contributed by atoms with Gasteiger partial charge in [0, 0.05) is 37.6 Å². The van der Waals surface area contributed by atoms with Crippen LogP contribution in [0.25, 0.3) is 11.1 Å². The number of carboxylic acid groups (broad SMARTS) is 1. The van der Waals surface area contributed by atoms with Crippen molar-refractivity contribution in [2.75, 3.05) is 12.3 Å². The van der Waals surface area contributed by atoms with Crippen molar-refractivity contribution < 1.29 is 14.7 Å². The van der Waals surface area contributed by atoms with Crippen molar-refractivity contribution in [2.24, 2.45) is 0 Å². The minimum atomic E-state index is -0.250. The van der Waals surface area contributed by atoms with Crippen molar-refractivity contribution in [1.29, 1.82) is 5.26 Å². The van der Waals surface area contributed by atoms with Gasteiger partial charge >= 0.3 is 0 Å². The van der Waals surface area contributed by atoms with E-state index in [1.807, 2.05) is 12.1 Å². The van der Waals surface area contributed by atoms with Crippen molar-refractivity contribution in [3.8, 4) is 17.2 Å². The summed E-state index contributed by atoms with van der Waals surface area (Å²) in [6.07, 6.45) is 0.651. The highest BCUT2D eigenvalue weighted by Gasteiger charge is 2.26. The third-order valence-electron chi connectivity index (χ3n) is 4.98. The second-order valence-corrected chi connectivity index (χ2v) is 7.91. The van der Waals surface area contributed by atoms with Crippen molar-refractivity contribution in [3.05, 3.63) is 46.6 Å². The molecule has 29 heavy (non-hydrogen) atoms. The molecule has 1 amide bonds. The third-order valence-corrected chi connectivity index (χ3v) is 4.98. The Hall–Kier alpha value is -3.40. The first-order valence-corrected chi connectivity index (χ1v) is 9.29. The molecule has 0 saturated heterocycles. The number of carbonyl (C=O) groups is 2. The summed E-state index contributed by atoms with van der Waals surface area (Å²) in [4.78, 5) is 26.4. The molecule has 2 aromatic rings.